The average Bonchev–Trinajstić information content (AvgIpc) is 2.36. The van der Waals surface area contributed by atoms with E-state index in [4.69, 9.17) is 27.9 Å². The minimum Gasteiger partial charge on any atom is -0.477 e. The zero-order chi connectivity index (χ0) is 12.1. The predicted octanol–water partition coefficient (Wildman–Crippen LogP) is 4.01. The molecule has 0 aliphatic heterocycles. The van der Waals surface area contributed by atoms with Crippen LogP contribution in [-0.2, 0) is 6.42 Å². The average molecular weight is 268 g/mol. The topological polar surface area (TPSA) is 22.1 Å². The van der Waals surface area contributed by atoms with E-state index in [9.17, 15) is 0 Å². The van der Waals surface area contributed by atoms with Crippen LogP contribution in [0.5, 0.6) is 5.88 Å². The molecule has 0 saturated heterocycles. The zero-order valence-corrected chi connectivity index (χ0v) is 10.6. The highest BCUT2D eigenvalue weighted by Gasteiger charge is 2.04. The summed E-state index contributed by atoms with van der Waals surface area (Å²) in [4.78, 5) is 4.07. The zero-order valence-electron chi connectivity index (χ0n) is 9.07. The second kappa shape index (κ2) is 5.89. The molecule has 0 amide bonds. The molecular formula is C13H11Cl2NO. The second-order valence-corrected chi connectivity index (χ2v) is 4.26. The third kappa shape index (κ3) is 3.35. The Morgan fingerprint density at radius 1 is 1.06 bits per heavy atom. The number of hydrogen-bond donors (Lipinski definition) is 0. The lowest BCUT2D eigenvalue weighted by atomic mass is 10.2. The highest BCUT2D eigenvalue weighted by Crippen LogP contribution is 2.25. The smallest absolute Gasteiger partial charge is 0.213 e. The lowest BCUT2D eigenvalue weighted by Gasteiger charge is -2.07. The SMILES string of the molecule is Clc1cccc(CCOc2ccccn2)c1Cl. The first-order valence-corrected chi connectivity index (χ1v) is 5.99. The largest absolute Gasteiger partial charge is 0.477 e. The first kappa shape index (κ1) is 12.2. The van der Waals surface area contributed by atoms with Gasteiger partial charge in [0.2, 0.25) is 5.88 Å². The van der Waals surface area contributed by atoms with Crippen molar-refractivity contribution in [1.29, 1.82) is 0 Å². The molecule has 1 heterocycles. The van der Waals surface area contributed by atoms with Gasteiger partial charge in [-0.1, -0.05) is 41.4 Å². The number of rotatable bonds is 4. The van der Waals surface area contributed by atoms with Gasteiger partial charge in [0, 0.05) is 18.7 Å². The molecule has 2 nitrogen and oxygen atoms in total. The van der Waals surface area contributed by atoms with Gasteiger partial charge in [0.05, 0.1) is 16.7 Å². The number of aromatic nitrogens is 1. The third-order valence-corrected chi connectivity index (χ3v) is 3.15. The molecule has 1 aromatic heterocycles. The van der Waals surface area contributed by atoms with Crippen molar-refractivity contribution in [2.75, 3.05) is 6.61 Å². The maximum atomic E-state index is 6.07. The summed E-state index contributed by atoms with van der Waals surface area (Å²) in [5.74, 6) is 0.616. The van der Waals surface area contributed by atoms with Crippen LogP contribution in [0.15, 0.2) is 42.6 Å². The monoisotopic (exact) mass is 267 g/mol. The lowest BCUT2D eigenvalue weighted by Crippen LogP contribution is -2.02. The molecule has 0 saturated carbocycles. The van der Waals surface area contributed by atoms with Crippen molar-refractivity contribution in [3.05, 3.63) is 58.2 Å². The van der Waals surface area contributed by atoms with Gasteiger partial charge in [0.1, 0.15) is 0 Å². The standard InChI is InChI=1S/C13H11Cl2NO/c14-11-5-3-4-10(13(11)15)7-9-17-12-6-1-2-8-16-12/h1-6,8H,7,9H2. The molecule has 88 valence electrons. The molecule has 0 bridgehead atoms. The molecular weight excluding hydrogens is 257 g/mol. The van der Waals surface area contributed by atoms with Crippen molar-refractivity contribution >= 4 is 23.2 Å². The van der Waals surface area contributed by atoms with Gasteiger partial charge in [-0.15, -0.1) is 0 Å². The van der Waals surface area contributed by atoms with Crippen molar-refractivity contribution in [3.8, 4) is 5.88 Å². The molecule has 2 aromatic rings. The van der Waals surface area contributed by atoms with Gasteiger partial charge in [-0.05, 0) is 17.7 Å². The minimum absolute atomic E-state index is 0.525. The molecule has 0 spiro atoms. The van der Waals surface area contributed by atoms with Crippen LogP contribution in [0.3, 0.4) is 0 Å². The molecule has 2 rings (SSSR count). The molecule has 4 heteroatoms. The summed E-state index contributed by atoms with van der Waals surface area (Å²) in [6.07, 6.45) is 2.40. The van der Waals surface area contributed by atoms with Crippen LogP contribution >= 0.6 is 23.2 Å². The van der Waals surface area contributed by atoms with E-state index in [2.05, 4.69) is 4.98 Å². The van der Waals surface area contributed by atoms with Gasteiger partial charge >= 0.3 is 0 Å². The summed E-state index contributed by atoms with van der Waals surface area (Å²) in [6, 6.07) is 11.1. The van der Waals surface area contributed by atoms with Crippen LogP contribution < -0.4 is 4.74 Å². The molecule has 0 N–H and O–H groups in total. The molecule has 0 atom stereocenters. The Balaban J connectivity index is 1.93. The van der Waals surface area contributed by atoms with Gasteiger partial charge in [-0.3, -0.25) is 0 Å². The Morgan fingerprint density at radius 3 is 2.71 bits per heavy atom. The van der Waals surface area contributed by atoms with Crippen LogP contribution in [0.2, 0.25) is 10.0 Å². The van der Waals surface area contributed by atoms with Crippen molar-refractivity contribution in [2.45, 2.75) is 6.42 Å². The minimum atomic E-state index is 0.525. The van der Waals surface area contributed by atoms with E-state index < -0.39 is 0 Å². The lowest BCUT2D eigenvalue weighted by molar-refractivity contribution is 0.309. The van der Waals surface area contributed by atoms with E-state index in [0.29, 0.717) is 29.0 Å². The van der Waals surface area contributed by atoms with Gasteiger partial charge in [0.25, 0.3) is 0 Å². The van der Waals surface area contributed by atoms with Crippen LogP contribution in [0.1, 0.15) is 5.56 Å². The number of hydrogen-bond acceptors (Lipinski definition) is 2. The highest BCUT2D eigenvalue weighted by molar-refractivity contribution is 6.42. The van der Waals surface area contributed by atoms with E-state index in [1.165, 1.54) is 0 Å². The fraction of sp³-hybridized carbons (Fsp3) is 0.154. The Labute approximate surface area is 110 Å². The summed E-state index contributed by atoms with van der Waals surface area (Å²) < 4.78 is 5.49. The van der Waals surface area contributed by atoms with E-state index >= 15 is 0 Å². The maximum Gasteiger partial charge on any atom is 0.213 e. The third-order valence-electron chi connectivity index (χ3n) is 2.29. The second-order valence-electron chi connectivity index (χ2n) is 3.48. The summed E-state index contributed by atoms with van der Waals surface area (Å²) in [5, 5.41) is 1.17. The number of halogens is 2. The van der Waals surface area contributed by atoms with Crippen molar-refractivity contribution in [3.63, 3.8) is 0 Å². The molecule has 17 heavy (non-hydrogen) atoms. The van der Waals surface area contributed by atoms with Crippen LogP contribution in [-0.4, -0.2) is 11.6 Å². The van der Waals surface area contributed by atoms with E-state index in [1.807, 2.05) is 30.3 Å². The fourth-order valence-corrected chi connectivity index (χ4v) is 1.85. The van der Waals surface area contributed by atoms with Crippen molar-refractivity contribution in [1.82, 2.24) is 4.98 Å². The summed E-state index contributed by atoms with van der Waals surface area (Å²) >= 11 is 12.0. The highest BCUT2D eigenvalue weighted by atomic mass is 35.5. The van der Waals surface area contributed by atoms with Crippen LogP contribution in [0.4, 0.5) is 0 Å². The normalized spacial score (nSPS) is 10.2. The van der Waals surface area contributed by atoms with Gasteiger partial charge in [-0.2, -0.15) is 0 Å². The van der Waals surface area contributed by atoms with Gasteiger partial charge < -0.3 is 4.74 Å². The van der Waals surface area contributed by atoms with E-state index in [1.54, 1.807) is 12.3 Å². The number of nitrogens with zero attached hydrogens (tertiary/aromatic N) is 1. The summed E-state index contributed by atoms with van der Waals surface area (Å²) in [6.45, 7) is 0.525. The Morgan fingerprint density at radius 2 is 1.94 bits per heavy atom. The Hall–Kier alpha value is -1.25. The van der Waals surface area contributed by atoms with E-state index in [-0.39, 0.29) is 0 Å². The molecule has 0 aliphatic carbocycles. The molecule has 0 unspecified atom stereocenters. The first-order valence-electron chi connectivity index (χ1n) is 5.24. The number of benzene rings is 1. The first-order chi connectivity index (χ1) is 8.27. The molecule has 1 aromatic carbocycles. The Bertz CT molecular complexity index is 488. The van der Waals surface area contributed by atoms with Gasteiger partial charge in [-0.25, -0.2) is 4.98 Å². The maximum absolute atomic E-state index is 6.07. The Kier molecular flexibility index (Phi) is 4.24. The van der Waals surface area contributed by atoms with Crippen molar-refractivity contribution < 1.29 is 4.74 Å². The van der Waals surface area contributed by atoms with Crippen molar-refractivity contribution in [2.24, 2.45) is 0 Å². The summed E-state index contributed by atoms with van der Waals surface area (Å²) in [5.41, 5.74) is 0.982. The number of ether oxygens (including phenoxy) is 1. The van der Waals surface area contributed by atoms with Crippen LogP contribution in [0, 0.1) is 0 Å². The fourth-order valence-electron chi connectivity index (χ4n) is 1.44. The molecule has 0 aliphatic rings. The summed E-state index contributed by atoms with van der Waals surface area (Å²) in [7, 11) is 0. The van der Waals surface area contributed by atoms with E-state index in [0.717, 1.165) is 5.56 Å². The molecule has 0 radical (unpaired) electrons. The predicted molar refractivity (Wildman–Crippen MR) is 69.9 cm³/mol. The van der Waals surface area contributed by atoms with Gasteiger partial charge in [0.15, 0.2) is 0 Å². The molecule has 0 fully saturated rings. The van der Waals surface area contributed by atoms with Crippen LogP contribution in [0.25, 0.3) is 0 Å². The quantitative estimate of drug-likeness (QED) is 0.835. The number of pyridine rings is 1.